The van der Waals surface area contributed by atoms with Crippen LogP contribution in [0.2, 0.25) is 5.02 Å². The molecule has 4 aromatic rings. The number of nitrogens with one attached hydrogen (secondary N) is 1. The van der Waals surface area contributed by atoms with Crippen LogP contribution in [0.3, 0.4) is 0 Å². The van der Waals surface area contributed by atoms with Gasteiger partial charge in [0.05, 0.1) is 29.0 Å². The zero-order valence-electron chi connectivity index (χ0n) is 20.8. The first-order valence-corrected chi connectivity index (χ1v) is 13.1. The van der Waals surface area contributed by atoms with Crippen LogP contribution in [-0.2, 0) is 12.0 Å². The van der Waals surface area contributed by atoms with E-state index in [2.05, 4.69) is 15.5 Å². The molecule has 3 N–H and O–H groups in total. The van der Waals surface area contributed by atoms with E-state index < -0.39 is 23.1 Å². The summed E-state index contributed by atoms with van der Waals surface area (Å²) in [6, 6.07) is 12.0. The van der Waals surface area contributed by atoms with E-state index in [0.717, 1.165) is 24.9 Å². The Morgan fingerprint density at radius 1 is 1.02 bits per heavy atom. The monoisotopic (exact) mass is 562 g/mol. The highest BCUT2D eigenvalue weighted by molar-refractivity contribution is 6.34. The lowest BCUT2D eigenvalue weighted by Crippen LogP contribution is -2.48. The number of rotatable bonds is 4. The second-order valence-corrected chi connectivity index (χ2v) is 10.3. The van der Waals surface area contributed by atoms with Crippen LogP contribution in [0.1, 0.15) is 34.3 Å². The lowest BCUT2D eigenvalue weighted by Gasteiger charge is -2.35. The number of nitrogens with zero attached hydrogens (tertiary/aromatic N) is 2. The number of benzene rings is 3. The summed E-state index contributed by atoms with van der Waals surface area (Å²) in [6.45, 7) is 0.801. The van der Waals surface area contributed by atoms with Gasteiger partial charge in [0, 0.05) is 29.2 Å². The first kappa shape index (κ1) is 24.7. The molecule has 202 valence electrons. The number of aromatic nitrogens is 2. The van der Waals surface area contributed by atoms with Gasteiger partial charge in [0.1, 0.15) is 11.6 Å². The van der Waals surface area contributed by atoms with Gasteiger partial charge in [-0.25, -0.2) is 8.78 Å². The Labute approximate surface area is 232 Å². The van der Waals surface area contributed by atoms with Crippen LogP contribution in [0.25, 0.3) is 11.1 Å². The fourth-order valence-electron chi connectivity index (χ4n) is 5.92. The van der Waals surface area contributed by atoms with Crippen molar-refractivity contribution < 1.29 is 27.8 Å². The maximum Gasteiger partial charge on any atom is 0.249 e. The number of hydrogen-bond donors (Lipinski definition) is 2. The molecule has 1 amide bonds. The van der Waals surface area contributed by atoms with Crippen LogP contribution >= 0.6 is 11.6 Å². The molecule has 0 bridgehead atoms. The molecule has 0 radical (unpaired) electrons. The predicted octanol–water partition coefficient (Wildman–Crippen LogP) is 5.65. The highest BCUT2D eigenvalue weighted by Gasteiger charge is 2.50. The van der Waals surface area contributed by atoms with E-state index in [1.165, 1.54) is 24.5 Å². The van der Waals surface area contributed by atoms with Crippen molar-refractivity contribution in [1.82, 2.24) is 15.5 Å². The SMILES string of the molecule is NC(=O)c1cc2c(c(F)c1-c1c(Cl)c(F)cc3c1C[C@](c1ccccc1)([C@@H]1CCCN1)O3)Oc1cnncc1O2. The van der Waals surface area contributed by atoms with Gasteiger partial charge in [-0.05, 0) is 31.0 Å². The van der Waals surface area contributed by atoms with E-state index in [0.29, 0.717) is 5.56 Å². The molecule has 3 aliphatic rings. The number of primary amides is 1. The molecule has 7 rings (SSSR count). The van der Waals surface area contributed by atoms with Gasteiger partial charge in [0.2, 0.25) is 11.7 Å². The van der Waals surface area contributed by atoms with Gasteiger partial charge >= 0.3 is 0 Å². The average molecular weight is 563 g/mol. The lowest BCUT2D eigenvalue weighted by molar-refractivity contribution is 0.0539. The van der Waals surface area contributed by atoms with Crippen LogP contribution in [0.15, 0.2) is 54.9 Å². The minimum Gasteiger partial charge on any atom is -0.480 e. The van der Waals surface area contributed by atoms with Gasteiger partial charge < -0.3 is 25.3 Å². The van der Waals surface area contributed by atoms with Gasteiger partial charge in [0.25, 0.3) is 0 Å². The van der Waals surface area contributed by atoms with Crippen molar-refractivity contribution in [2.45, 2.75) is 30.9 Å². The Morgan fingerprint density at radius 3 is 2.48 bits per heavy atom. The predicted molar refractivity (Wildman–Crippen MR) is 141 cm³/mol. The maximum atomic E-state index is 16.5. The van der Waals surface area contributed by atoms with Crippen LogP contribution in [-0.4, -0.2) is 28.7 Å². The van der Waals surface area contributed by atoms with E-state index in [1.54, 1.807) is 0 Å². The van der Waals surface area contributed by atoms with Crippen molar-refractivity contribution in [2.75, 3.05) is 6.54 Å². The fourth-order valence-corrected chi connectivity index (χ4v) is 6.18. The third-order valence-corrected chi connectivity index (χ3v) is 8.07. The summed E-state index contributed by atoms with van der Waals surface area (Å²) in [5, 5.41) is 10.6. The lowest BCUT2D eigenvalue weighted by atomic mass is 9.80. The third-order valence-electron chi connectivity index (χ3n) is 7.70. The second kappa shape index (κ2) is 9.14. The van der Waals surface area contributed by atoms with Crippen LogP contribution in [0.4, 0.5) is 8.78 Å². The molecule has 1 fully saturated rings. The van der Waals surface area contributed by atoms with Crippen molar-refractivity contribution in [3.8, 4) is 39.9 Å². The van der Waals surface area contributed by atoms with Crippen molar-refractivity contribution in [1.29, 1.82) is 0 Å². The average Bonchev–Trinajstić information content (AvgIpc) is 3.63. The second-order valence-electron chi connectivity index (χ2n) is 9.93. The Hall–Kier alpha value is -4.28. The summed E-state index contributed by atoms with van der Waals surface area (Å²) in [5.41, 5.74) is 5.56. The summed E-state index contributed by atoms with van der Waals surface area (Å²) in [6.07, 6.45) is 4.56. The molecule has 8 nitrogen and oxygen atoms in total. The molecular formula is C29H21ClF2N4O4. The smallest absolute Gasteiger partial charge is 0.249 e. The zero-order chi connectivity index (χ0) is 27.6. The number of carbonyl (C=O) groups is 1. The number of halogens is 3. The van der Waals surface area contributed by atoms with Gasteiger partial charge in [0.15, 0.2) is 28.7 Å². The van der Waals surface area contributed by atoms with Crippen LogP contribution in [0.5, 0.6) is 28.7 Å². The van der Waals surface area contributed by atoms with Gasteiger partial charge in [-0.15, -0.1) is 0 Å². The Bertz CT molecular complexity index is 1700. The van der Waals surface area contributed by atoms with Crippen LogP contribution < -0.4 is 25.3 Å². The number of nitrogens with two attached hydrogens (primary N) is 1. The minimum atomic E-state index is -0.986. The topological polar surface area (TPSA) is 109 Å². The summed E-state index contributed by atoms with van der Waals surface area (Å²) >= 11 is 6.57. The standard InChI is InChI=1S/C29H21ClF2N4O4/c30-25-17(31)10-18-16(11-29(40-18,22-7-4-8-34-22)14-5-2-1-3-6-14)23(25)24-15(28(33)37)9-19-27(26(24)32)39-21-13-36-35-12-20(21)38-19/h1-3,5-6,9-10,12-13,22,34H,4,7-8,11H2,(H2,33,37)/t22-,29-/m0/s1. The highest BCUT2D eigenvalue weighted by Crippen LogP contribution is 2.55. The molecule has 0 unspecified atom stereocenters. The van der Waals surface area contributed by atoms with Crippen molar-refractivity contribution in [2.24, 2.45) is 5.73 Å². The Kier molecular flexibility index (Phi) is 5.65. The van der Waals surface area contributed by atoms with Crippen molar-refractivity contribution >= 4 is 17.5 Å². The zero-order valence-corrected chi connectivity index (χ0v) is 21.6. The molecule has 0 spiro atoms. The molecule has 3 aromatic carbocycles. The molecule has 0 aliphatic carbocycles. The highest BCUT2D eigenvalue weighted by atomic mass is 35.5. The molecule has 0 saturated carbocycles. The van der Waals surface area contributed by atoms with E-state index in [-0.39, 0.29) is 62.9 Å². The van der Waals surface area contributed by atoms with E-state index in [4.69, 9.17) is 31.5 Å². The van der Waals surface area contributed by atoms with Crippen molar-refractivity contribution in [3.05, 3.63) is 88.2 Å². The molecule has 3 aliphatic heterocycles. The quantitative estimate of drug-likeness (QED) is 0.291. The van der Waals surface area contributed by atoms with Crippen LogP contribution in [0, 0.1) is 11.6 Å². The van der Waals surface area contributed by atoms with Gasteiger partial charge in [-0.1, -0.05) is 41.9 Å². The normalized spacial score (nSPS) is 20.5. The first-order valence-electron chi connectivity index (χ1n) is 12.7. The Morgan fingerprint density at radius 2 is 1.77 bits per heavy atom. The molecule has 2 atom stereocenters. The third kappa shape index (κ3) is 3.63. The van der Waals surface area contributed by atoms with Gasteiger partial charge in [-0.3, -0.25) is 4.79 Å². The number of amides is 1. The van der Waals surface area contributed by atoms with Crippen molar-refractivity contribution in [3.63, 3.8) is 0 Å². The summed E-state index contributed by atoms with van der Waals surface area (Å²) in [7, 11) is 0. The summed E-state index contributed by atoms with van der Waals surface area (Å²) in [4.78, 5) is 12.7. The van der Waals surface area contributed by atoms with E-state index in [9.17, 15) is 4.79 Å². The number of fused-ring (bicyclic) bond motifs is 3. The molecule has 4 heterocycles. The molecule has 1 aromatic heterocycles. The molecule has 1 saturated heterocycles. The molecule has 11 heteroatoms. The number of carbonyl (C=O) groups excluding carboxylic acids is 1. The minimum absolute atomic E-state index is 0.0242. The van der Waals surface area contributed by atoms with Gasteiger partial charge in [-0.2, -0.15) is 10.2 Å². The van der Waals surface area contributed by atoms with E-state index >= 15 is 8.78 Å². The number of hydrogen-bond acceptors (Lipinski definition) is 7. The first-order chi connectivity index (χ1) is 19.4. The number of ether oxygens (including phenoxy) is 3. The van der Waals surface area contributed by atoms with E-state index in [1.807, 2.05) is 30.3 Å². The maximum absolute atomic E-state index is 16.5. The fraction of sp³-hybridized carbons (Fsp3) is 0.207. The largest absolute Gasteiger partial charge is 0.480 e. The molecule has 40 heavy (non-hydrogen) atoms. The summed E-state index contributed by atoms with van der Waals surface area (Å²) < 4.78 is 50.0. The Balaban J connectivity index is 1.45. The molecular weight excluding hydrogens is 542 g/mol. The summed E-state index contributed by atoms with van der Waals surface area (Å²) in [5.74, 6) is -2.68.